The molecule has 0 N–H and O–H groups in total. The van der Waals surface area contributed by atoms with Gasteiger partial charge in [0.15, 0.2) is 5.78 Å². The van der Waals surface area contributed by atoms with Gasteiger partial charge in [-0.3, -0.25) is 4.79 Å². The number of halogens is 1. The van der Waals surface area contributed by atoms with Crippen molar-refractivity contribution in [2.24, 2.45) is 0 Å². The molecule has 0 radical (unpaired) electrons. The van der Waals surface area contributed by atoms with E-state index in [1.165, 1.54) is 0 Å². The van der Waals surface area contributed by atoms with E-state index in [-0.39, 0.29) is 5.78 Å². The van der Waals surface area contributed by atoms with Gasteiger partial charge in [0, 0.05) is 6.42 Å². The predicted molar refractivity (Wildman–Crippen MR) is 52.8 cm³/mol. The van der Waals surface area contributed by atoms with Gasteiger partial charge in [0.1, 0.15) is 4.87 Å². The minimum absolute atomic E-state index is 0.167. The second-order valence-electron chi connectivity index (χ2n) is 3.44. The molecule has 0 aliphatic heterocycles. The summed E-state index contributed by atoms with van der Waals surface area (Å²) >= 11 is 6.30. The van der Waals surface area contributed by atoms with E-state index in [4.69, 9.17) is 11.6 Å². The van der Waals surface area contributed by atoms with Crippen molar-refractivity contribution in [3.63, 3.8) is 0 Å². The van der Waals surface area contributed by atoms with Crippen molar-refractivity contribution in [3.05, 3.63) is 35.9 Å². The average molecular weight is 195 g/mol. The molecule has 1 aliphatic carbocycles. The Balaban J connectivity index is 2.40. The molecule has 1 nitrogen and oxygen atoms in total. The summed E-state index contributed by atoms with van der Waals surface area (Å²) in [5, 5.41) is 0. The van der Waals surface area contributed by atoms with E-state index in [0.29, 0.717) is 6.42 Å². The lowest BCUT2D eigenvalue weighted by Crippen LogP contribution is -2.23. The first kappa shape index (κ1) is 8.76. The first-order valence-electron chi connectivity index (χ1n) is 4.51. The highest BCUT2D eigenvalue weighted by molar-refractivity contribution is 6.35. The lowest BCUT2D eigenvalue weighted by molar-refractivity contribution is -0.119. The zero-order valence-electron chi connectivity index (χ0n) is 7.29. The first-order valence-corrected chi connectivity index (χ1v) is 4.89. The van der Waals surface area contributed by atoms with Gasteiger partial charge in [0.2, 0.25) is 0 Å². The molecule has 0 heterocycles. The molecule has 1 unspecified atom stereocenters. The number of Topliss-reactive ketones (excluding diaryl/α,β-unsaturated/α-hetero) is 1. The molecule has 1 aromatic rings. The van der Waals surface area contributed by atoms with Crippen LogP contribution in [0.3, 0.4) is 0 Å². The molecule has 0 saturated heterocycles. The molecule has 0 amide bonds. The van der Waals surface area contributed by atoms with Crippen LogP contribution < -0.4 is 0 Å². The Hall–Kier alpha value is -0.820. The number of rotatable bonds is 1. The summed E-state index contributed by atoms with van der Waals surface area (Å²) in [6.07, 6.45) is 2.31. The van der Waals surface area contributed by atoms with E-state index in [9.17, 15) is 4.79 Å². The van der Waals surface area contributed by atoms with Crippen molar-refractivity contribution in [1.82, 2.24) is 0 Å². The van der Waals surface area contributed by atoms with Crippen molar-refractivity contribution >= 4 is 17.4 Å². The highest BCUT2D eigenvalue weighted by atomic mass is 35.5. The number of benzene rings is 1. The fraction of sp³-hybridized carbons (Fsp3) is 0.364. The van der Waals surface area contributed by atoms with Gasteiger partial charge in [-0.05, 0) is 18.4 Å². The molecule has 1 aliphatic rings. The maximum Gasteiger partial charge on any atom is 0.158 e. The largest absolute Gasteiger partial charge is 0.297 e. The van der Waals surface area contributed by atoms with Gasteiger partial charge in [-0.2, -0.15) is 0 Å². The number of ketones is 1. The minimum atomic E-state index is -0.721. The molecule has 13 heavy (non-hydrogen) atoms. The topological polar surface area (TPSA) is 17.1 Å². The highest BCUT2D eigenvalue weighted by Gasteiger charge is 2.41. The third-order valence-corrected chi connectivity index (χ3v) is 3.22. The summed E-state index contributed by atoms with van der Waals surface area (Å²) in [7, 11) is 0. The number of carbonyl (C=O) groups is 1. The van der Waals surface area contributed by atoms with Crippen LogP contribution in [0.1, 0.15) is 24.8 Å². The second kappa shape index (κ2) is 3.15. The molecule has 0 bridgehead atoms. The Kier molecular flexibility index (Phi) is 2.12. The van der Waals surface area contributed by atoms with Gasteiger partial charge in [-0.25, -0.2) is 0 Å². The molecule has 68 valence electrons. The van der Waals surface area contributed by atoms with E-state index in [1.54, 1.807) is 0 Å². The highest BCUT2D eigenvalue weighted by Crippen LogP contribution is 2.41. The second-order valence-corrected chi connectivity index (χ2v) is 4.09. The molecule has 1 fully saturated rings. The maximum atomic E-state index is 11.6. The van der Waals surface area contributed by atoms with Crippen molar-refractivity contribution < 1.29 is 4.79 Å². The summed E-state index contributed by atoms with van der Waals surface area (Å²) in [4.78, 5) is 10.8. The quantitative estimate of drug-likeness (QED) is 0.629. The smallest absolute Gasteiger partial charge is 0.158 e. The van der Waals surface area contributed by atoms with Gasteiger partial charge in [-0.1, -0.05) is 30.3 Å². The molecule has 0 aromatic heterocycles. The molecular formula is C11H11ClO. The van der Waals surface area contributed by atoms with Crippen molar-refractivity contribution in [1.29, 1.82) is 0 Å². The summed E-state index contributed by atoms with van der Waals surface area (Å²) < 4.78 is 0. The summed E-state index contributed by atoms with van der Waals surface area (Å²) in [6.45, 7) is 0. The minimum Gasteiger partial charge on any atom is -0.297 e. The van der Waals surface area contributed by atoms with Crippen LogP contribution in [0.25, 0.3) is 0 Å². The predicted octanol–water partition coefficient (Wildman–Crippen LogP) is 2.87. The Bertz CT molecular complexity index is 320. The maximum absolute atomic E-state index is 11.6. The van der Waals surface area contributed by atoms with Crippen LogP contribution in [0.15, 0.2) is 30.3 Å². The molecule has 2 heteroatoms. The Morgan fingerprint density at radius 3 is 2.46 bits per heavy atom. The number of carbonyl (C=O) groups excluding carboxylic acids is 1. The third kappa shape index (κ3) is 1.37. The van der Waals surface area contributed by atoms with Crippen LogP contribution >= 0.6 is 11.6 Å². The average Bonchev–Trinajstić information content (AvgIpc) is 2.50. The normalized spacial score (nSPS) is 27.9. The SMILES string of the molecule is O=C1CCCC1(Cl)c1ccccc1. The number of alkyl halides is 1. The van der Waals surface area contributed by atoms with E-state index in [2.05, 4.69) is 0 Å². The number of hydrogen-bond donors (Lipinski definition) is 0. The lowest BCUT2D eigenvalue weighted by atomic mass is 9.96. The third-order valence-electron chi connectivity index (χ3n) is 2.60. The van der Waals surface area contributed by atoms with Gasteiger partial charge < -0.3 is 0 Å². The standard InChI is InChI=1S/C11H11ClO/c12-11(8-4-7-10(11)13)9-5-2-1-3-6-9/h1-3,5-6H,4,7-8H2. The molecular weight excluding hydrogens is 184 g/mol. The van der Waals surface area contributed by atoms with Crippen LogP contribution in [0.5, 0.6) is 0 Å². The molecule has 0 spiro atoms. The summed E-state index contributed by atoms with van der Waals surface area (Å²) in [5.74, 6) is 0.167. The fourth-order valence-electron chi connectivity index (χ4n) is 1.84. The van der Waals surface area contributed by atoms with Crippen molar-refractivity contribution in [2.45, 2.75) is 24.1 Å². The number of hydrogen-bond acceptors (Lipinski definition) is 1. The molecule has 1 saturated carbocycles. The summed E-state index contributed by atoms with van der Waals surface area (Å²) in [5.41, 5.74) is 0.944. The van der Waals surface area contributed by atoms with Crippen LogP contribution in [0.4, 0.5) is 0 Å². The van der Waals surface area contributed by atoms with Crippen LogP contribution in [-0.2, 0) is 9.67 Å². The zero-order valence-corrected chi connectivity index (χ0v) is 8.05. The monoisotopic (exact) mass is 194 g/mol. The van der Waals surface area contributed by atoms with Gasteiger partial charge >= 0.3 is 0 Å². The van der Waals surface area contributed by atoms with E-state index < -0.39 is 4.87 Å². The van der Waals surface area contributed by atoms with E-state index in [0.717, 1.165) is 18.4 Å². The van der Waals surface area contributed by atoms with Crippen LogP contribution in [0.2, 0.25) is 0 Å². The summed E-state index contributed by atoms with van der Waals surface area (Å²) in [6, 6.07) is 9.63. The van der Waals surface area contributed by atoms with Crippen LogP contribution in [0, 0.1) is 0 Å². The van der Waals surface area contributed by atoms with Crippen molar-refractivity contribution in [3.8, 4) is 0 Å². The lowest BCUT2D eigenvalue weighted by Gasteiger charge is -2.19. The molecule has 2 rings (SSSR count). The van der Waals surface area contributed by atoms with E-state index >= 15 is 0 Å². The van der Waals surface area contributed by atoms with Gasteiger partial charge in [0.05, 0.1) is 0 Å². The molecule has 1 atom stereocenters. The Labute approximate surface area is 82.7 Å². The Morgan fingerprint density at radius 2 is 1.92 bits per heavy atom. The fourth-order valence-corrected chi connectivity index (χ4v) is 2.19. The molecule has 1 aromatic carbocycles. The van der Waals surface area contributed by atoms with Crippen LogP contribution in [-0.4, -0.2) is 5.78 Å². The van der Waals surface area contributed by atoms with Gasteiger partial charge in [-0.15, -0.1) is 11.6 Å². The van der Waals surface area contributed by atoms with Crippen molar-refractivity contribution in [2.75, 3.05) is 0 Å². The Morgan fingerprint density at radius 1 is 1.23 bits per heavy atom. The van der Waals surface area contributed by atoms with Gasteiger partial charge in [0.25, 0.3) is 0 Å². The zero-order chi connectivity index (χ0) is 9.31. The van der Waals surface area contributed by atoms with E-state index in [1.807, 2.05) is 30.3 Å². The first-order chi connectivity index (χ1) is 6.23.